The van der Waals surface area contributed by atoms with E-state index in [1.165, 1.54) is 18.2 Å². The van der Waals surface area contributed by atoms with Gasteiger partial charge < -0.3 is 5.32 Å². The maximum Gasteiger partial charge on any atom is 0.218 e. The molecular formula is C13H19FN2O2S. The lowest BCUT2D eigenvalue weighted by Gasteiger charge is -2.23. The second kappa shape index (κ2) is 5.98. The average Bonchev–Trinajstić information content (AvgIpc) is 2.78. The predicted octanol–water partition coefficient (Wildman–Crippen LogP) is 1.34. The smallest absolute Gasteiger partial charge is 0.218 e. The number of likely N-dealkylation sites (N-methyl/N-ethyl adjacent to an activating group) is 1. The molecule has 0 aliphatic carbocycles. The lowest BCUT2D eigenvalue weighted by molar-refractivity contribution is 0.378. The molecule has 0 bridgehead atoms. The zero-order valence-electron chi connectivity index (χ0n) is 11.0. The summed E-state index contributed by atoms with van der Waals surface area (Å²) in [4.78, 5) is 0. The minimum absolute atomic E-state index is 0.0172. The van der Waals surface area contributed by atoms with Crippen molar-refractivity contribution in [1.82, 2.24) is 9.62 Å². The van der Waals surface area contributed by atoms with Gasteiger partial charge in [0.2, 0.25) is 10.0 Å². The highest BCUT2D eigenvalue weighted by atomic mass is 32.2. The molecule has 1 aliphatic rings. The van der Waals surface area contributed by atoms with Crippen LogP contribution in [0.3, 0.4) is 0 Å². The lowest BCUT2D eigenvalue weighted by atomic mass is 10.2. The third-order valence-corrected chi connectivity index (χ3v) is 5.25. The Bertz CT molecular complexity index is 533. The largest absolute Gasteiger partial charge is 0.318 e. The Morgan fingerprint density at radius 1 is 1.47 bits per heavy atom. The SMILES string of the molecule is CNCC1CCCN1S(=O)(=O)Cc1cccc(F)c1. The highest BCUT2D eigenvalue weighted by molar-refractivity contribution is 7.88. The van der Waals surface area contributed by atoms with Crippen LogP contribution in [0.25, 0.3) is 0 Å². The first-order chi connectivity index (χ1) is 9.03. The van der Waals surface area contributed by atoms with Crippen molar-refractivity contribution in [3.05, 3.63) is 35.6 Å². The van der Waals surface area contributed by atoms with E-state index >= 15 is 0 Å². The molecule has 1 saturated heterocycles. The quantitative estimate of drug-likeness (QED) is 0.888. The minimum atomic E-state index is -3.37. The van der Waals surface area contributed by atoms with Gasteiger partial charge in [-0.3, -0.25) is 0 Å². The van der Waals surface area contributed by atoms with Crippen molar-refractivity contribution in [2.24, 2.45) is 0 Å². The topological polar surface area (TPSA) is 49.4 Å². The number of sulfonamides is 1. The van der Waals surface area contributed by atoms with Crippen LogP contribution in [0.2, 0.25) is 0 Å². The van der Waals surface area contributed by atoms with Gasteiger partial charge in [-0.25, -0.2) is 12.8 Å². The summed E-state index contributed by atoms with van der Waals surface area (Å²) in [6.07, 6.45) is 1.76. The zero-order chi connectivity index (χ0) is 13.9. The molecule has 4 nitrogen and oxygen atoms in total. The molecule has 1 unspecified atom stereocenters. The molecule has 1 aromatic rings. The van der Waals surface area contributed by atoms with E-state index in [-0.39, 0.29) is 11.8 Å². The third kappa shape index (κ3) is 3.52. The van der Waals surface area contributed by atoms with E-state index in [2.05, 4.69) is 5.32 Å². The van der Waals surface area contributed by atoms with Gasteiger partial charge in [0.05, 0.1) is 5.75 Å². The number of hydrogen-bond acceptors (Lipinski definition) is 3. The first-order valence-corrected chi connectivity index (χ1v) is 8.02. The fourth-order valence-electron chi connectivity index (χ4n) is 2.54. The molecule has 1 aromatic carbocycles. The van der Waals surface area contributed by atoms with Crippen LogP contribution < -0.4 is 5.32 Å². The normalized spacial score (nSPS) is 20.8. The van der Waals surface area contributed by atoms with Crippen LogP contribution in [0, 0.1) is 5.82 Å². The van der Waals surface area contributed by atoms with Crippen molar-refractivity contribution < 1.29 is 12.8 Å². The van der Waals surface area contributed by atoms with Gasteiger partial charge in [0.1, 0.15) is 5.82 Å². The summed E-state index contributed by atoms with van der Waals surface area (Å²) in [5.74, 6) is -0.536. The zero-order valence-corrected chi connectivity index (χ0v) is 11.8. The summed E-state index contributed by atoms with van der Waals surface area (Å²) >= 11 is 0. The first kappa shape index (κ1) is 14.4. The summed E-state index contributed by atoms with van der Waals surface area (Å²) < 4.78 is 39.4. The van der Waals surface area contributed by atoms with Gasteiger partial charge in [-0.05, 0) is 37.6 Å². The van der Waals surface area contributed by atoms with Crippen molar-refractivity contribution in [1.29, 1.82) is 0 Å². The molecule has 1 atom stereocenters. The standard InChI is InChI=1S/C13H19FN2O2S/c1-15-9-13-6-3-7-16(13)19(17,18)10-11-4-2-5-12(14)8-11/h2,4-5,8,13,15H,3,6-7,9-10H2,1H3. The molecule has 0 aromatic heterocycles. The molecule has 6 heteroatoms. The Morgan fingerprint density at radius 3 is 2.95 bits per heavy atom. The Labute approximate surface area is 113 Å². The molecular weight excluding hydrogens is 267 g/mol. The van der Waals surface area contributed by atoms with Crippen molar-refractivity contribution in [2.45, 2.75) is 24.6 Å². The molecule has 1 heterocycles. The van der Waals surface area contributed by atoms with E-state index in [9.17, 15) is 12.8 Å². The summed E-state index contributed by atoms with van der Waals surface area (Å²) in [6.45, 7) is 1.21. The van der Waals surface area contributed by atoms with Crippen LogP contribution in [0.1, 0.15) is 18.4 Å². The van der Waals surface area contributed by atoms with Crippen molar-refractivity contribution in [2.75, 3.05) is 20.1 Å². The van der Waals surface area contributed by atoms with Crippen molar-refractivity contribution in [3.63, 3.8) is 0 Å². The van der Waals surface area contributed by atoms with Gasteiger partial charge in [0.15, 0.2) is 0 Å². The van der Waals surface area contributed by atoms with E-state index < -0.39 is 15.8 Å². The third-order valence-electron chi connectivity index (χ3n) is 3.36. The second-order valence-corrected chi connectivity index (χ2v) is 6.77. The van der Waals surface area contributed by atoms with Crippen LogP contribution in [0.15, 0.2) is 24.3 Å². The Balaban J connectivity index is 2.14. The van der Waals surface area contributed by atoms with Gasteiger partial charge in [-0.15, -0.1) is 0 Å². The number of hydrogen-bond donors (Lipinski definition) is 1. The number of halogens is 1. The number of nitrogens with zero attached hydrogens (tertiary/aromatic N) is 1. The van der Waals surface area contributed by atoms with Crippen molar-refractivity contribution >= 4 is 10.0 Å². The minimum Gasteiger partial charge on any atom is -0.318 e. The molecule has 0 amide bonds. The number of benzene rings is 1. The summed E-state index contributed by atoms with van der Waals surface area (Å²) in [5.41, 5.74) is 0.495. The Kier molecular flexibility index (Phi) is 4.54. The second-order valence-electron chi connectivity index (χ2n) is 4.85. The van der Waals surface area contributed by atoms with Gasteiger partial charge in [0.25, 0.3) is 0 Å². The molecule has 1 fully saturated rings. The van der Waals surface area contributed by atoms with E-state index in [0.29, 0.717) is 18.7 Å². The molecule has 19 heavy (non-hydrogen) atoms. The van der Waals surface area contributed by atoms with E-state index in [4.69, 9.17) is 0 Å². The molecule has 0 saturated carbocycles. The van der Waals surface area contributed by atoms with Gasteiger partial charge in [-0.1, -0.05) is 12.1 Å². The molecule has 106 valence electrons. The molecule has 1 N–H and O–H groups in total. The van der Waals surface area contributed by atoms with Crippen molar-refractivity contribution in [3.8, 4) is 0 Å². The van der Waals surface area contributed by atoms with Gasteiger partial charge >= 0.3 is 0 Å². The summed E-state index contributed by atoms with van der Waals surface area (Å²) in [7, 11) is -1.56. The first-order valence-electron chi connectivity index (χ1n) is 6.41. The van der Waals surface area contributed by atoms with Crippen LogP contribution in [-0.2, 0) is 15.8 Å². The fourth-order valence-corrected chi connectivity index (χ4v) is 4.34. The van der Waals surface area contributed by atoms with Crippen LogP contribution in [0.4, 0.5) is 4.39 Å². The fraction of sp³-hybridized carbons (Fsp3) is 0.538. The maximum atomic E-state index is 13.1. The van der Waals surface area contributed by atoms with Crippen LogP contribution in [0.5, 0.6) is 0 Å². The molecule has 2 rings (SSSR count). The van der Waals surface area contributed by atoms with Gasteiger partial charge in [0, 0.05) is 19.1 Å². The average molecular weight is 286 g/mol. The summed E-state index contributed by atoms with van der Waals surface area (Å²) in [5, 5.41) is 3.02. The number of rotatable bonds is 5. The van der Waals surface area contributed by atoms with E-state index in [1.807, 2.05) is 7.05 Å². The highest BCUT2D eigenvalue weighted by Crippen LogP contribution is 2.23. The molecule has 0 spiro atoms. The van der Waals surface area contributed by atoms with E-state index in [1.54, 1.807) is 10.4 Å². The Hall–Kier alpha value is -0.980. The monoisotopic (exact) mass is 286 g/mol. The molecule has 1 aliphatic heterocycles. The highest BCUT2D eigenvalue weighted by Gasteiger charge is 2.33. The van der Waals surface area contributed by atoms with Crippen LogP contribution >= 0.6 is 0 Å². The molecule has 0 radical (unpaired) electrons. The maximum absolute atomic E-state index is 13.1. The number of nitrogens with one attached hydrogen (secondary N) is 1. The Morgan fingerprint density at radius 2 is 2.26 bits per heavy atom. The lowest BCUT2D eigenvalue weighted by Crippen LogP contribution is -2.41. The predicted molar refractivity (Wildman–Crippen MR) is 72.7 cm³/mol. The van der Waals surface area contributed by atoms with Gasteiger partial charge in [-0.2, -0.15) is 4.31 Å². The summed E-state index contributed by atoms with van der Waals surface area (Å²) in [6, 6.07) is 5.79. The van der Waals surface area contributed by atoms with E-state index in [0.717, 1.165) is 12.8 Å². The van der Waals surface area contributed by atoms with Crippen LogP contribution in [-0.4, -0.2) is 38.9 Å².